The molecule has 206 valence electrons. The normalized spacial score (nSPS) is 21.9. The molecule has 6 nitrogen and oxygen atoms in total. The van der Waals surface area contributed by atoms with Gasteiger partial charge in [0.25, 0.3) is 0 Å². The summed E-state index contributed by atoms with van der Waals surface area (Å²) in [5.41, 5.74) is 0.859. The van der Waals surface area contributed by atoms with Crippen LogP contribution in [0.2, 0.25) is 0 Å². The van der Waals surface area contributed by atoms with Crippen molar-refractivity contribution in [2.45, 2.75) is 125 Å². The maximum atomic E-state index is 13.8. The molecule has 0 saturated carbocycles. The van der Waals surface area contributed by atoms with Crippen LogP contribution in [0.5, 0.6) is 0 Å². The Bertz CT molecular complexity index is 809. The van der Waals surface area contributed by atoms with Gasteiger partial charge >= 0.3 is 0 Å². The fourth-order valence-electron chi connectivity index (χ4n) is 5.15. The van der Waals surface area contributed by atoms with Crippen LogP contribution in [0.25, 0.3) is 0 Å². The summed E-state index contributed by atoms with van der Waals surface area (Å²) in [4.78, 5) is 44.2. The molecule has 2 aliphatic rings. The van der Waals surface area contributed by atoms with Gasteiger partial charge in [0.1, 0.15) is 12.1 Å². The van der Waals surface area contributed by atoms with Gasteiger partial charge in [0, 0.05) is 19.5 Å². The third-order valence-electron chi connectivity index (χ3n) is 8.59. The van der Waals surface area contributed by atoms with Crippen molar-refractivity contribution in [3.8, 4) is 0 Å². The number of nitrogens with one attached hydrogen (secondary N) is 1. The van der Waals surface area contributed by atoms with Gasteiger partial charge in [0.15, 0.2) is 0 Å². The van der Waals surface area contributed by atoms with Gasteiger partial charge < -0.3 is 15.1 Å². The second-order valence-corrected chi connectivity index (χ2v) is 13.6. The number of likely N-dealkylation sites (tertiary alicyclic amines) is 2. The summed E-state index contributed by atoms with van der Waals surface area (Å²) in [6.45, 7) is 24.8. The molecule has 0 aromatic heterocycles. The van der Waals surface area contributed by atoms with Crippen LogP contribution >= 0.6 is 0 Å². The smallest absolute Gasteiger partial charge is 0.245 e. The average Bonchev–Trinajstić information content (AvgIpc) is 3.44. The molecule has 0 bridgehead atoms. The van der Waals surface area contributed by atoms with E-state index in [0.29, 0.717) is 44.2 Å². The lowest BCUT2D eigenvalue weighted by Gasteiger charge is -2.36. The predicted octanol–water partition coefficient (Wildman–Crippen LogP) is 5.56. The lowest BCUT2D eigenvalue weighted by Crippen LogP contribution is -2.55. The van der Waals surface area contributed by atoms with E-state index in [9.17, 15) is 14.4 Å². The molecule has 1 N–H and O–H groups in total. The second-order valence-electron chi connectivity index (χ2n) is 13.6. The molecule has 2 heterocycles. The van der Waals surface area contributed by atoms with E-state index < -0.39 is 12.1 Å². The highest BCUT2D eigenvalue weighted by atomic mass is 16.2. The Hall–Kier alpha value is -1.85. The van der Waals surface area contributed by atoms with E-state index in [4.69, 9.17) is 0 Å². The molecule has 2 saturated heterocycles. The molecule has 2 aliphatic heterocycles. The Morgan fingerprint density at radius 3 is 1.97 bits per heavy atom. The standard InChI is InChI=1S/C30H53N3O3/c1-20(2)15-16-23(28(36)33-18-11-13-24(33)22(5)29(6,7)8)31-27(35)25-14-12-17-32(25)26(34)19-30(9,10)21(3)4/h20-21,23-25H,5,11-19H2,1-4,6-10H3,(H,31,35). The highest BCUT2D eigenvalue weighted by Crippen LogP contribution is 2.35. The summed E-state index contributed by atoms with van der Waals surface area (Å²) >= 11 is 0. The number of amides is 3. The number of carbonyl (C=O) groups excluding carboxylic acids is 3. The molecular formula is C30H53N3O3. The molecular weight excluding hydrogens is 450 g/mol. The predicted molar refractivity (Wildman–Crippen MR) is 147 cm³/mol. The van der Waals surface area contributed by atoms with Gasteiger partial charge in [-0.25, -0.2) is 0 Å². The van der Waals surface area contributed by atoms with Gasteiger partial charge in [-0.05, 0) is 66.8 Å². The molecule has 3 atom stereocenters. The summed E-state index contributed by atoms with van der Waals surface area (Å²) in [5.74, 6) is 0.645. The van der Waals surface area contributed by atoms with Crippen molar-refractivity contribution in [1.82, 2.24) is 15.1 Å². The summed E-state index contributed by atoms with van der Waals surface area (Å²) in [6, 6.07) is -1.05. The molecule has 2 fully saturated rings. The Morgan fingerprint density at radius 2 is 1.44 bits per heavy atom. The molecule has 3 unspecified atom stereocenters. The first-order valence-electron chi connectivity index (χ1n) is 14.2. The lowest BCUT2D eigenvalue weighted by atomic mass is 9.78. The van der Waals surface area contributed by atoms with Crippen LogP contribution in [0.1, 0.15) is 107 Å². The van der Waals surface area contributed by atoms with Gasteiger partial charge in [0.05, 0.1) is 6.04 Å². The Kier molecular flexibility index (Phi) is 10.2. The number of carbonyl (C=O) groups is 3. The van der Waals surface area contributed by atoms with E-state index in [1.807, 2.05) is 4.90 Å². The SMILES string of the molecule is C=C(C1CCCN1C(=O)C(CCC(C)C)NC(=O)C1CCCN1C(=O)CC(C)(C)C(C)C)C(C)(C)C. The minimum Gasteiger partial charge on any atom is -0.343 e. The first kappa shape index (κ1) is 30.4. The fraction of sp³-hybridized carbons (Fsp3) is 0.833. The minimum atomic E-state index is -0.571. The summed E-state index contributed by atoms with van der Waals surface area (Å²) in [6.07, 6.45) is 5.22. The number of hydrogen-bond donors (Lipinski definition) is 1. The van der Waals surface area contributed by atoms with Crippen molar-refractivity contribution in [2.75, 3.05) is 13.1 Å². The molecule has 0 spiro atoms. The molecule has 0 aliphatic carbocycles. The van der Waals surface area contributed by atoms with Crippen LogP contribution in [0, 0.1) is 22.7 Å². The molecule has 0 radical (unpaired) electrons. The zero-order valence-electron chi connectivity index (χ0n) is 24.6. The number of nitrogens with zero attached hydrogens (tertiary/aromatic N) is 2. The van der Waals surface area contributed by atoms with Crippen LogP contribution in [-0.2, 0) is 14.4 Å². The lowest BCUT2D eigenvalue weighted by molar-refractivity contribution is -0.142. The molecule has 6 heteroatoms. The summed E-state index contributed by atoms with van der Waals surface area (Å²) in [7, 11) is 0. The van der Waals surface area contributed by atoms with Gasteiger partial charge in [-0.3, -0.25) is 14.4 Å². The zero-order chi connectivity index (χ0) is 27.4. The van der Waals surface area contributed by atoms with Crippen LogP contribution < -0.4 is 5.32 Å². The van der Waals surface area contributed by atoms with Gasteiger partial charge in [-0.2, -0.15) is 0 Å². The Labute approximate surface area is 220 Å². The van der Waals surface area contributed by atoms with Crippen molar-refractivity contribution in [1.29, 1.82) is 0 Å². The van der Waals surface area contributed by atoms with E-state index in [2.05, 4.69) is 74.2 Å². The highest BCUT2D eigenvalue weighted by Gasteiger charge is 2.41. The average molecular weight is 504 g/mol. The molecule has 0 aromatic rings. The highest BCUT2D eigenvalue weighted by molar-refractivity contribution is 5.92. The maximum Gasteiger partial charge on any atom is 0.245 e. The zero-order valence-corrected chi connectivity index (χ0v) is 24.6. The largest absolute Gasteiger partial charge is 0.343 e. The van der Waals surface area contributed by atoms with Crippen LogP contribution in [0.15, 0.2) is 12.2 Å². The van der Waals surface area contributed by atoms with Crippen molar-refractivity contribution < 1.29 is 14.4 Å². The van der Waals surface area contributed by atoms with Gasteiger partial charge in [-0.15, -0.1) is 0 Å². The summed E-state index contributed by atoms with van der Waals surface area (Å²) < 4.78 is 0. The monoisotopic (exact) mass is 503 g/mol. The second kappa shape index (κ2) is 12.1. The van der Waals surface area contributed by atoms with E-state index in [-0.39, 0.29) is 34.6 Å². The van der Waals surface area contributed by atoms with Crippen molar-refractivity contribution in [3.63, 3.8) is 0 Å². The van der Waals surface area contributed by atoms with E-state index in [1.54, 1.807) is 4.90 Å². The minimum absolute atomic E-state index is 0.00582. The van der Waals surface area contributed by atoms with Crippen molar-refractivity contribution >= 4 is 17.7 Å². The topological polar surface area (TPSA) is 69.7 Å². The van der Waals surface area contributed by atoms with Crippen molar-refractivity contribution in [2.24, 2.45) is 22.7 Å². The van der Waals surface area contributed by atoms with Crippen LogP contribution in [-0.4, -0.2) is 58.7 Å². The van der Waals surface area contributed by atoms with Crippen molar-refractivity contribution in [3.05, 3.63) is 12.2 Å². The number of hydrogen-bond acceptors (Lipinski definition) is 3. The third kappa shape index (κ3) is 7.58. The van der Waals surface area contributed by atoms with E-state index >= 15 is 0 Å². The van der Waals surface area contributed by atoms with Crippen LogP contribution in [0.4, 0.5) is 0 Å². The quantitative estimate of drug-likeness (QED) is 0.397. The molecule has 2 rings (SSSR count). The van der Waals surface area contributed by atoms with E-state index in [0.717, 1.165) is 31.3 Å². The molecule has 36 heavy (non-hydrogen) atoms. The maximum absolute atomic E-state index is 13.8. The van der Waals surface area contributed by atoms with Crippen LogP contribution in [0.3, 0.4) is 0 Å². The van der Waals surface area contributed by atoms with Gasteiger partial charge in [0.2, 0.25) is 17.7 Å². The molecule has 3 amide bonds. The first-order chi connectivity index (χ1) is 16.6. The third-order valence-corrected chi connectivity index (χ3v) is 8.59. The number of rotatable bonds is 10. The summed E-state index contributed by atoms with van der Waals surface area (Å²) in [5, 5.41) is 3.11. The van der Waals surface area contributed by atoms with E-state index in [1.165, 1.54) is 0 Å². The van der Waals surface area contributed by atoms with Gasteiger partial charge in [-0.1, -0.05) is 68.9 Å². The Balaban J connectivity index is 2.18. The Morgan fingerprint density at radius 1 is 0.889 bits per heavy atom. The fourth-order valence-corrected chi connectivity index (χ4v) is 5.15. The first-order valence-corrected chi connectivity index (χ1v) is 14.2. The molecule has 0 aromatic carbocycles.